The van der Waals surface area contributed by atoms with Gasteiger partial charge < -0.3 is 15.4 Å². The zero-order chi connectivity index (χ0) is 14.8. The molecule has 0 aromatic carbocycles. The van der Waals surface area contributed by atoms with Crippen molar-refractivity contribution in [3.8, 4) is 0 Å². The van der Waals surface area contributed by atoms with Crippen LogP contribution in [0.5, 0.6) is 0 Å². The Morgan fingerprint density at radius 2 is 2.00 bits per heavy atom. The summed E-state index contributed by atoms with van der Waals surface area (Å²) in [5.41, 5.74) is 5.63. The van der Waals surface area contributed by atoms with Crippen LogP contribution in [0.25, 0.3) is 0 Å². The molecule has 2 fully saturated rings. The summed E-state index contributed by atoms with van der Waals surface area (Å²) < 4.78 is 5.77. The molecular weight excluding hydrogens is 252 g/mol. The van der Waals surface area contributed by atoms with Crippen molar-refractivity contribution in [2.24, 2.45) is 17.1 Å². The third-order valence-electron chi connectivity index (χ3n) is 4.69. The molecule has 116 valence electrons. The molecule has 20 heavy (non-hydrogen) atoms. The smallest absolute Gasteiger partial charge is 0.228 e. The summed E-state index contributed by atoms with van der Waals surface area (Å²) >= 11 is 0. The van der Waals surface area contributed by atoms with E-state index in [-0.39, 0.29) is 17.6 Å². The van der Waals surface area contributed by atoms with Crippen LogP contribution in [0.15, 0.2) is 0 Å². The highest BCUT2D eigenvalue weighted by Crippen LogP contribution is 2.45. The van der Waals surface area contributed by atoms with E-state index in [0.29, 0.717) is 24.9 Å². The van der Waals surface area contributed by atoms with Crippen LogP contribution in [-0.2, 0) is 9.53 Å². The fourth-order valence-corrected chi connectivity index (χ4v) is 4.02. The molecule has 2 aliphatic rings. The minimum atomic E-state index is -0.107. The summed E-state index contributed by atoms with van der Waals surface area (Å²) in [7, 11) is 0. The molecule has 1 saturated heterocycles. The summed E-state index contributed by atoms with van der Waals surface area (Å²) in [5, 5.41) is 0. The molecule has 4 nitrogen and oxygen atoms in total. The lowest BCUT2D eigenvalue weighted by atomic mass is 9.77. The lowest BCUT2D eigenvalue weighted by molar-refractivity contribution is -0.155. The number of nitrogens with zero attached hydrogens (tertiary/aromatic N) is 1. The number of hydrogen-bond acceptors (Lipinski definition) is 3. The largest absolute Gasteiger partial charge is 0.370 e. The fraction of sp³-hybridized carbons (Fsp3) is 0.938. The Morgan fingerprint density at radius 1 is 1.35 bits per heavy atom. The molecule has 1 aliphatic heterocycles. The molecule has 1 heterocycles. The molecular formula is C16H30N2O2. The SMILES string of the molecule is CC(C)CC1(C(=O)N2CC(C)OC(CN)C2)CCCC1. The Balaban J connectivity index is 2.10. The van der Waals surface area contributed by atoms with E-state index in [9.17, 15) is 4.79 Å². The molecule has 0 bridgehead atoms. The number of rotatable bonds is 4. The molecule has 2 unspecified atom stereocenters. The topological polar surface area (TPSA) is 55.6 Å². The normalized spacial score (nSPS) is 29.9. The van der Waals surface area contributed by atoms with Crippen LogP contribution in [0.2, 0.25) is 0 Å². The van der Waals surface area contributed by atoms with E-state index in [1.807, 2.05) is 11.8 Å². The first-order valence-electron chi connectivity index (χ1n) is 8.12. The molecule has 0 spiro atoms. The molecule has 2 atom stereocenters. The lowest BCUT2D eigenvalue weighted by Gasteiger charge is -2.41. The Bertz CT molecular complexity index is 337. The number of carbonyl (C=O) groups excluding carboxylic acids is 1. The van der Waals surface area contributed by atoms with Crippen LogP contribution in [0.3, 0.4) is 0 Å². The van der Waals surface area contributed by atoms with Crippen LogP contribution < -0.4 is 5.73 Å². The summed E-state index contributed by atoms with van der Waals surface area (Å²) in [5.74, 6) is 0.929. The van der Waals surface area contributed by atoms with E-state index in [1.54, 1.807) is 0 Å². The second-order valence-corrected chi connectivity index (χ2v) is 7.10. The average molecular weight is 282 g/mol. The van der Waals surface area contributed by atoms with Gasteiger partial charge in [-0.2, -0.15) is 0 Å². The van der Waals surface area contributed by atoms with E-state index in [2.05, 4.69) is 13.8 Å². The first-order chi connectivity index (χ1) is 9.47. The van der Waals surface area contributed by atoms with Crippen molar-refractivity contribution in [2.75, 3.05) is 19.6 Å². The molecule has 0 aromatic heterocycles. The Kier molecular flexibility index (Phi) is 5.08. The maximum absolute atomic E-state index is 13.1. The van der Waals surface area contributed by atoms with Gasteiger partial charge in [0.1, 0.15) is 0 Å². The standard InChI is InChI=1S/C16H30N2O2/c1-12(2)8-16(6-4-5-7-16)15(19)18-10-13(3)20-14(9-17)11-18/h12-14H,4-11,17H2,1-3H3. The summed E-state index contributed by atoms with van der Waals surface area (Å²) in [6, 6.07) is 0. The molecule has 4 heteroatoms. The van der Waals surface area contributed by atoms with Gasteiger partial charge in [-0.1, -0.05) is 26.7 Å². The van der Waals surface area contributed by atoms with Gasteiger partial charge in [0, 0.05) is 25.0 Å². The van der Waals surface area contributed by atoms with Crippen molar-refractivity contribution in [2.45, 2.75) is 65.1 Å². The minimum Gasteiger partial charge on any atom is -0.370 e. The highest BCUT2D eigenvalue weighted by molar-refractivity contribution is 5.83. The van der Waals surface area contributed by atoms with Gasteiger partial charge in [-0.3, -0.25) is 4.79 Å². The van der Waals surface area contributed by atoms with E-state index < -0.39 is 0 Å². The van der Waals surface area contributed by atoms with Crippen LogP contribution in [0.1, 0.15) is 52.9 Å². The predicted molar refractivity (Wildman–Crippen MR) is 80.3 cm³/mol. The Hall–Kier alpha value is -0.610. The van der Waals surface area contributed by atoms with Crippen molar-refractivity contribution in [3.63, 3.8) is 0 Å². The third kappa shape index (κ3) is 3.34. The van der Waals surface area contributed by atoms with Crippen molar-refractivity contribution < 1.29 is 9.53 Å². The van der Waals surface area contributed by atoms with Crippen molar-refractivity contribution in [1.29, 1.82) is 0 Å². The number of nitrogens with two attached hydrogens (primary N) is 1. The molecule has 2 rings (SSSR count). The minimum absolute atomic E-state index is 0.000188. The van der Waals surface area contributed by atoms with E-state index in [1.165, 1.54) is 12.8 Å². The van der Waals surface area contributed by atoms with Gasteiger partial charge in [0.05, 0.1) is 12.2 Å². The van der Waals surface area contributed by atoms with E-state index >= 15 is 0 Å². The number of morpholine rings is 1. The van der Waals surface area contributed by atoms with Crippen LogP contribution in [-0.4, -0.2) is 42.6 Å². The molecule has 2 N–H and O–H groups in total. The van der Waals surface area contributed by atoms with Gasteiger partial charge in [0.25, 0.3) is 0 Å². The quantitative estimate of drug-likeness (QED) is 0.859. The summed E-state index contributed by atoms with van der Waals surface area (Å²) in [4.78, 5) is 15.1. The number of amides is 1. The zero-order valence-electron chi connectivity index (χ0n) is 13.2. The van der Waals surface area contributed by atoms with Crippen LogP contribution >= 0.6 is 0 Å². The fourth-order valence-electron chi connectivity index (χ4n) is 4.02. The molecule has 1 saturated carbocycles. The Labute approximate surface area is 123 Å². The second kappa shape index (κ2) is 6.44. The van der Waals surface area contributed by atoms with Crippen LogP contribution in [0.4, 0.5) is 0 Å². The van der Waals surface area contributed by atoms with E-state index in [4.69, 9.17) is 10.5 Å². The average Bonchev–Trinajstić information content (AvgIpc) is 2.85. The summed E-state index contributed by atoms with van der Waals surface area (Å²) in [6.45, 7) is 8.35. The van der Waals surface area contributed by atoms with Crippen molar-refractivity contribution >= 4 is 5.91 Å². The van der Waals surface area contributed by atoms with Gasteiger partial charge in [0.2, 0.25) is 5.91 Å². The number of hydrogen-bond donors (Lipinski definition) is 1. The molecule has 0 aromatic rings. The summed E-state index contributed by atoms with van der Waals surface area (Å²) in [6.07, 6.45) is 5.62. The third-order valence-corrected chi connectivity index (χ3v) is 4.69. The van der Waals surface area contributed by atoms with Gasteiger partial charge in [-0.15, -0.1) is 0 Å². The zero-order valence-corrected chi connectivity index (χ0v) is 13.2. The van der Waals surface area contributed by atoms with Gasteiger partial charge >= 0.3 is 0 Å². The second-order valence-electron chi connectivity index (χ2n) is 7.10. The number of carbonyl (C=O) groups is 1. The molecule has 1 aliphatic carbocycles. The van der Waals surface area contributed by atoms with Gasteiger partial charge in [0.15, 0.2) is 0 Å². The lowest BCUT2D eigenvalue weighted by Crippen LogP contribution is -2.55. The Morgan fingerprint density at radius 3 is 2.55 bits per heavy atom. The maximum atomic E-state index is 13.1. The molecule has 0 radical (unpaired) electrons. The van der Waals surface area contributed by atoms with Gasteiger partial charge in [-0.25, -0.2) is 0 Å². The highest BCUT2D eigenvalue weighted by Gasteiger charge is 2.45. The van der Waals surface area contributed by atoms with Crippen LogP contribution in [0, 0.1) is 11.3 Å². The van der Waals surface area contributed by atoms with Crippen molar-refractivity contribution in [1.82, 2.24) is 4.90 Å². The highest BCUT2D eigenvalue weighted by atomic mass is 16.5. The monoisotopic (exact) mass is 282 g/mol. The van der Waals surface area contributed by atoms with Crippen molar-refractivity contribution in [3.05, 3.63) is 0 Å². The predicted octanol–water partition coefficient (Wildman–Crippen LogP) is 2.17. The first kappa shape index (κ1) is 15.8. The van der Waals surface area contributed by atoms with Gasteiger partial charge in [-0.05, 0) is 32.1 Å². The number of ether oxygens (including phenoxy) is 1. The first-order valence-corrected chi connectivity index (χ1v) is 8.12. The molecule has 1 amide bonds. The maximum Gasteiger partial charge on any atom is 0.228 e. The van der Waals surface area contributed by atoms with E-state index in [0.717, 1.165) is 25.8 Å².